The largest absolute Gasteiger partial charge is 0.494 e. The molecule has 0 unspecified atom stereocenters. The molecule has 0 fully saturated rings. The Morgan fingerprint density at radius 2 is 1.85 bits per heavy atom. The maximum atomic E-state index is 6.21. The van der Waals surface area contributed by atoms with Gasteiger partial charge in [-0.25, -0.2) is 0 Å². The molecule has 0 bridgehead atoms. The van der Waals surface area contributed by atoms with Gasteiger partial charge in [-0.2, -0.15) is 0 Å². The maximum absolute atomic E-state index is 6.21. The molecule has 20 heavy (non-hydrogen) atoms. The van der Waals surface area contributed by atoms with E-state index in [0.717, 1.165) is 16.9 Å². The lowest BCUT2D eigenvalue weighted by Gasteiger charge is -2.13. The van der Waals surface area contributed by atoms with Gasteiger partial charge in [-0.3, -0.25) is 0 Å². The maximum Gasteiger partial charge on any atom is 0.123 e. The molecule has 5 heteroatoms. The van der Waals surface area contributed by atoms with Crippen LogP contribution >= 0.6 is 23.2 Å². The van der Waals surface area contributed by atoms with E-state index >= 15 is 0 Å². The van der Waals surface area contributed by atoms with Crippen LogP contribution in [-0.2, 0) is 0 Å². The number of nitrogens with two attached hydrogens (primary N) is 1. The number of nitrogen functional groups attached to an aromatic ring is 1. The highest BCUT2D eigenvalue weighted by atomic mass is 35.5. The van der Waals surface area contributed by atoms with Crippen molar-refractivity contribution >= 4 is 40.3 Å². The predicted octanol–water partition coefficient (Wildman–Crippen LogP) is 5.03. The number of rotatable bonds is 4. The number of hydrogen-bond acceptors (Lipinski definition) is 3. The van der Waals surface area contributed by atoms with Gasteiger partial charge in [0.15, 0.2) is 0 Å². The van der Waals surface area contributed by atoms with Crippen molar-refractivity contribution in [1.29, 1.82) is 0 Å². The molecule has 0 aromatic heterocycles. The van der Waals surface area contributed by atoms with Crippen molar-refractivity contribution in [3.63, 3.8) is 0 Å². The zero-order chi connectivity index (χ0) is 14.7. The first kappa shape index (κ1) is 14.8. The molecular weight excluding hydrogens is 295 g/mol. The van der Waals surface area contributed by atoms with Crippen LogP contribution in [0.3, 0.4) is 0 Å². The minimum atomic E-state index is 0.583. The average molecular weight is 311 g/mol. The van der Waals surface area contributed by atoms with Gasteiger partial charge >= 0.3 is 0 Å². The van der Waals surface area contributed by atoms with Crippen LogP contribution in [0.4, 0.5) is 17.1 Å². The van der Waals surface area contributed by atoms with Crippen LogP contribution in [0.2, 0.25) is 10.0 Å². The van der Waals surface area contributed by atoms with Crippen LogP contribution in [0.5, 0.6) is 5.75 Å². The predicted molar refractivity (Wildman–Crippen MR) is 86.5 cm³/mol. The highest BCUT2D eigenvalue weighted by Crippen LogP contribution is 2.32. The lowest BCUT2D eigenvalue weighted by atomic mass is 10.2. The zero-order valence-electron chi connectivity index (χ0n) is 11.3. The first-order chi connectivity index (χ1) is 9.49. The molecule has 106 valence electrons. The van der Waals surface area contributed by atoms with E-state index < -0.39 is 0 Å². The Morgan fingerprint density at radius 1 is 1.10 bits per heavy atom. The normalized spacial score (nSPS) is 10.4. The zero-order valence-corrected chi connectivity index (χ0v) is 12.8. The summed E-state index contributed by atoms with van der Waals surface area (Å²) in [7, 11) is 0. The molecule has 0 radical (unpaired) electrons. The van der Waals surface area contributed by atoms with Gasteiger partial charge in [0.05, 0.1) is 17.3 Å². The summed E-state index contributed by atoms with van der Waals surface area (Å²) >= 11 is 12.3. The highest BCUT2D eigenvalue weighted by molar-refractivity contribution is 6.35. The molecule has 3 N–H and O–H groups in total. The van der Waals surface area contributed by atoms with Crippen molar-refractivity contribution in [3.05, 3.63) is 45.9 Å². The summed E-state index contributed by atoms with van der Waals surface area (Å²) in [5.74, 6) is 0.712. The Kier molecular flexibility index (Phi) is 4.63. The molecule has 2 aromatic rings. The van der Waals surface area contributed by atoms with E-state index in [2.05, 4.69) is 5.32 Å². The lowest BCUT2D eigenvalue weighted by Crippen LogP contribution is -1.97. The van der Waals surface area contributed by atoms with Crippen molar-refractivity contribution < 1.29 is 4.74 Å². The van der Waals surface area contributed by atoms with Gasteiger partial charge in [-0.1, -0.05) is 23.2 Å². The quantitative estimate of drug-likeness (QED) is 0.779. The smallest absolute Gasteiger partial charge is 0.123 e. The highest BCUT2D eigenvalue weighted by Gasteiger charge is 2.06. The summed E-state index contributed by atoms with van der Waals surface area (Å²) in [6.07, 6.45) is 0. The fraction of sp³-hybridized carbons (Fsp3) is 0.200. The number of halogens is 2. The van der Waals surface area contributed by atoms with Gasteiger partial charge in [0, 0.05) is 28.5 Å². The van der Waals surface area contributed by atoms with E-state index in [1.807, 2.05) is 32.0 Å². The summed E-state index contributed by atoms with van der Waals surface area (Å²) in [5, 5.41) is 4.47. The van der Waals surface area contributed by atoms with Gasteiger partial charge < -0.3 is 15.8 Å². The van der Waals surface area contributed by atoms with Crippen LogP contribution < -0.4 is 15.8 Å². The molecule has 0 aliphatic heterocycles. The monoisotopic (exact) mass is 310 g/mol. The van der Waals surface area contributed by atoms with E-state index in [1.54, 1.807) is 12.1 Å². The number of ether oxygens (including phenoxy) is 1. The van der Waals surface area contributed by atoms with Crippen molar-refractivity contribution in [1.82, 2.24) is 0 Å². The Hall–Kier alpha value is -1.58. The standard InChI is InChI=1S/C15H16Cl2N2O/c1-3-20-12-6-10(18)5-11(7-12)19-15-8-13(16)9(2)4-14(15)17/h4-8,19H,3,18H2,1-2H3. The van der Waals surface area contributed by atoms with Crippen molar-refractivity contribution in [2.45, 2.75) is 13.8 Å². The summed E-state index contributed by atoms with van der Waals surface area (Å²) < 4.78 is 5.46. The molecule has 0 saturated carbocycles. The number of benzene rings is 2. The van der Waals surface area contributed by atoms with Gasteiger partial charge in [0.1, 0.15) is 5.75 Å². The summed E-state index contributed by atoms with van der Waals surface area (Å²) in [5.41, 5.74) is 8.94. The Morgan fingerprint density at radius 3 is 2.55 bits per heavy atom. The molecule has 0 heterocycles. The van der Waals surface area contributed by atoms with Gasteiger partial charge in [-0.05, 0) is 37.6 Å². The first-order valence-electron chi connectivity index (χ1n) is 6.25. The third-order valence-corrected chi connectivity index (χ3v) is 3.49. The fourth-order valence-electron chi connectivity index (χ4n) is 1.84. The number of aryl methyl sites for hydroxylation is 1. The average Bonchev–Trinajstić information content (AvgIpc) is 2.35. The van der Waals surface area contributed by atoms with E-state index in [4.69, 9.17) is 33.7 Å². The second-order valence-electron chi connectivity index (χ2n) is 4.43. The van der Waals surface area contributed by atoms with Gasteiger partial charge in [0.2, 0.25) is 0 Å². The van der Waals surface area contributed by atoms with E-state index in [1.165, 1.54) is 0 Å². The molecule has 0 amide bonds. The molecule has 2 rings (SSSR count). The van der Waals surface area contributed by atoms with Gasteiger partial charge in [0.25, 0.3) is 0 Å². The minimum Gasteiger partial charge on any atom is -0.494 e. The molecule has 0 saturated heterocycles. The summed E-state index contributed by atoms with van der Waals surface area (Å²) in [6.45, 7) is 4.42. The third-order valence-electron chi connectivity index (χ3n) is 2.77. The van der Waals surface area contributed by atoms with Crippen molar-refractivity contribution in [2.24, 2.45) is 0 Å². The van der Waals surface area contributed by atoms with Crippen LogP contribution in [0.15, 0.2) is 30.3 Å². The lowest BCUT2D eigenvalue weighted by molar-refractivity contribution is 0.340. The van der Waals surface area contributed by atoms with E-state index in [-0.39, 0.29) is 0 Å². The molecule has 0 aliphatic rings. The van der Waals surface area contributed by atoms with Crippen molar-refractivity contribution in [3.8, 4) is 5.75 Å². The van der Waals surface area contributed by atoms with Crippen LogP contribution in [0, 0.1) is 6.92 Å². The Balaban J connectivity index is 2.32. The second-order valence-corrected chi connectivity index (χ2v) is 5.24. The molecule has 3 nitrogen and oxygen atoms in total. The van der Waals surface area contributed by atoms with Crippen molar-refractivity contribution in [2.75, 3.05) is 17.7 Å². The molecule has 2 aromatic carbocycles. The number of anilines is 3. The number of hydrogen-bond donors (Lipinski definition) is 2. The van der Waals surface area contributed by atoms with Crippen LogP contribution in [0.25, 0.3) is 0 Å². The van der Waals surface area contributed by atoms with E-state index in [0.29, 0.717) is 28.1 Å². The first-order valence-corrected chi connectivity index (χ1v) is 7.01. The third kappa shape index (κ3) is 3.50. The molecule has 0 spiro atoms. The second kappa shape index (κ2) is 6.25. The number of nitrogens with one attached hydrogen (secondary N) is 1. The summed E-state index contributed by atoms with van der Waals surface area (Å²) in [6, 6.07) is 9.07. The summed E-state index contributed by atoms with van der Waals surface area (Å²) in [4.78, 5) is 0. The minimum absolute atomic E-state index is 0.583. The van der Waals surface area contributed by atoms with Gasteiger partial charge in [-0.15, -0.1) is 0 Å². The Labute approximate surface area is 128 Å². The Bertz CT molecular complexity index is 630. The topological polar surface area (TPSA) is 47.3 Å². The van der Waals surface area contributed by atoms with Crippen LogP contribution in [-0.4, -0.2) is 6.61 Å². The SMILES string of the molecule is CCOc1cc(N)cc(Nc2cc(Cl)c(C)cc2Cl)c1. The molecule has 0 aliphatic carbocycles. The molecular formula is C15H16Cl2N2O. The fourth-order valence-corrected chi connectivity index (χ4v) is 2.27. The molecule has 0 atom stereocenters. The van der Waals surface area contributed by atoms with Crippen LogP contribution in [0.1, 0.15) is 12.5 Å². The van der Waals surface area contributed by atoms with E-state index in [9.17, 15) is 0 Å².